The number of hydrogen-bond donors (Lipinski definition) is 1. The van der Waals surface area contributed by atoms with Crippen molar-refractivity contribution in [1.29, 1.82) is 0 Å². The van der Waals surface area contributed by atoms with E-state index >= 15 is 0 Å². The number of nitrogen functional groups attached to an aromatic ring is 1. The van der Waals surface area contributed by atoms with Gasteiger partial charge in [-0.1, -0.05) is 39.3 Å². The van der Waals surface area contributed by atoms with E-state index in [1.807, 2.05) is 18.2 Å². The van der Waals surface area contributed by atoms with Gasteiger partial charge in [-0.25, -0.2) is 0 Å². The normalized spacial score (nSPS) is 11.2. The van der Waals surface area contributed by atoms with Crippen LogP contribution in [0.15, 0.2) is 18.2 Å². The molecule has 0 amide bonds. The largest absolute Gasteiger partial charge is 0.397 e. The molecule has 1 aromatic carbocycles. The average Bonchev–Trinajstić information content (AvgIpc) is 2.19. The van der Waals surface area contributed by atoms with Gasteiger partial charge in [0.1, 0.15) is 0 Å². The molecule has 0 aliphatic carbocycles. The van der Waals surface area contributed by atoms with Crippen LogP contribution in [0, 0.1) is 11.8 Å². The summed E-state index contributed by atoms with van der Waals surface area (Å²) in [5, 5.41) is 0.742. The predicted octanol–water partition coefficient (Wildman–Crippen LogP) is 4.04. The summed E-state index contributed by atoms with van der Waals surface area (Å²) in [5.41, 5.74) is 7.90. The van der Waals surface area contributed by atoms with Crippen LogP contribution in [0.2, 0.25) is 5.02 Å². The maximum atomic E-state index is 6.05. The van der Waals surface area contributed by atoms with Crippen LogP contribution in [0.3, 0.4) is 0 Å². The number of benzene rings is 1. The molecule has 1 rings (SSSR count). The molecule has 17 heavy (non-hydrogen) atoms. The lowest BCUT2D eigenvalue weighted by Gasteiger charge is -2.29. The Hall–Kier alpha value is -0.890. The van der Waals surface area contributed by atoms with Gasteiger partial charge in [-0.15, -0.1) is 0 Å². The quantitative estimate of drug-likeness (QED) is 0.804. The van der Waals surface area contributed by atoms with E-state index < -0.39 is 0 Å². The first-order chi connectivity index (χ1) is 7.90. The lowest BCUT2D eigenvalue weighted by atomic mass is 10.1. The molecular formula is C14H23ClN2. The van der Waals surface area contributed by atoms with Crippen LogP contribution in [0.5, 0.6) is 0 Å². The van der Waals surface area contributed by atoms with Crippen molar-refractivity contribution in [3.05, 3.63) is 23.2 Å². The van der Waals surface area contributed by atoms with Gasteiger partial charge < -0.3 is 10.6 Å². The van der Waals surface area contributed by atoms with E-state index in [1.165, 1.54) is 0 Å². The second-order valence-electron chi connectivity index (χ2n) is 5.40. The van der Waals surface area contributed by atoms with Gasteiger partial charge in [-0.2, -0.15) is 0 Å². The third kappa shape index (κ3) is 4.47. The number of nitrogens with two attached hydrogens (primary N) is 1. The van der Waals surface area contributed by atoms with Gasteiger partial charge in [0.25, 0.3) is 0 Å². The van der Waals surface area contributed by atoms with E-state index in [9.17, 15) is 0 Å². The topological polar surface area (TPSA) is 29.3 Å². The smallest absolute Gasteiger partial charge is 0.0615 e. The Bertz CT molecular complexity index is 351. The highest BCUT2D eigenvalue weighted by molar-refractivity contribution is 6.31. The van der Waals surface area contributed by atoms with Crippen molar-refractivity contribution in [2.24, 2.45) is 11.8 Å². The number of rotatable bonds is 5. The third-order valence-corrected chi connectivity index (χ3v) is 2.74. The Morgan fingerprint density at radius 3 is 2.12 bits per heavy atom. The molecule has 0 aromatic heterocycles. The van der Waals surface area contributed by atoms with E-state index in [0.29, 0.717) is 11.8 Å². The van der Waals surface area contributed by atoms with Gasteiger partial charge in [-0.3, -0.25) is 0 Å². The summed E-state index contributed by atoms with van der Waals surface area (Å²) < 4.78 is 0. The van der Waals surface area contributed by atoms with Crippen LogP contribution in [0.25, 0.3) is 0 Å². The van der Waals surface area contributed by atoms with Crippen molar-refractivity contribution in [3.8, 4) is 0 Å². The predicted molar refractivity (Wildman–Crippen MR) is 77.8 cm³/mol. The van der Waals surface area contributed by atoms with Gasteiger partial charge in [-0.05, 0) is 30.0 Å². The van der Waals surface area contributed by atoms with Gasteiger partial charge in [0.05, 0.1) is 11.4 Å². The van der Waals surface area contributed by atoms with Crippen LogP contribution in [-0.2, 0) is 0 Å². The van der Waals surface area contributed by atoms with Gasteiger partial charge in [0, 0.05) is 18.1 Å². The van der Waals surface area contributed by atoms with Crippen molar-refractivity contribution in [3.63, 3.8) is 0 Å². The average molecular weight is 255 g/mol. The Balaban J connectivity index is 2.98. The SMILES string of the molecule is CC(C)CN(CC(C)C)c1cc(Cl)ccc1N. The molecule has 0 spiro atoms. The summed E-state index contributed by atoms with van der Waals surface area (Å²) in [7, 11) is 0. The molecular weight excluding hydrogens is 232 g/mol. The molecule has 0 radical (unpaired) electrons. The molecule has 3 heteroatoms. The van der Waals surface area contributed by atoms with Crippen LogP contribution in [0.1, 0.15) is 27.7 Å². The van der Waals surface area contributed by atoms with Crippen molar-refractivity contribution in [1.82, 2.24) is 0 Å². The fraction of sp³-hybridized carbons (Fsp3) is 0.571. The maximum Gasteiger partial charge on any atom is 0.0615 e. The van der Waals surface area contributed by atoms with Gasteiger partial charge in [0.2, 0.25) is 0 Å². The Morgan fingerprint density at radius 1 is 1.12 bits per heavy atom. The summed E-state index contributed by atoms with van der Waals surface area (Å²) in [6.45, 7) is 10.9. The summed E-state index contributed by atoms with van der Waals surface area (Å²) >= 11 is 6.05. The highest BCUT2D eigenvalue weighted by Crippen LogP contribution is 2.28. The fourth-order valence-corrected chi connectivity index (χ4v) is 2.11. The monoisotopic (exact) mass is 254 g/mol. The number of anilines is 2. The van der Waals surface area contributed by atoms with Gasteiger partial charge >= 0.3 is 0 Å². The van der Waals surface area contributed by atoms with E-state index in [-0.39, 0.29) is 0 Å². The molecule has 0 aliphatic heterocycles. The van der Waals surface area contributed by atoms with Crippen LogP contribution < -0.4 is 10.6 Å². The Labute approximate surface area is 110 Å². The first kappa shape index (κ1) is 14.2. The lowest BCUT2D eigenvalue weighted by molar-refractivity contribution is 0.553. The summed E-state index contributed by atoms with van der Waals surface area (Å²) in [6, 6.07) is 5.68. The second kappa shape index (κ2) is 6.15. The summed E-state index contributed by atoms with van der Waals surface area (Å²) in [4.78, 5) is 2.33. The molecule has 2 nitrogen and oxygen atoms in total. The molecule has 2 N–H and O–H groups in total. The molecule has 0 bridgehead atoms. The first-order valence-corrected chi connectivity index (χ1v) is 6.58. The molecule has 0 fully saturated rings. The maximum absolute atomic E-state index is 6.05. The lowest BCUT2D eigenvalue weighted by Crippen LogP contribution is -2.31. The first-order valence-electron chi connectivity index (χ1n) is 6.20. The molecule has 0 saturated heterocycles. The Morgan fingerprint density at radius 2 is 1.65 bits per heavy atom. The summed E-state index contributed by atoms with van der Waals surface area (Å²) in [6.07, 6.45) is 0. The zero-order valence-corrected chi connectivity index (χ0v) is 12.0. The van der Waals surface area contributed by atoms with Crippen LogP contribution in [-0.4, -0.2) is 13.1 Å². The number of halogens is 1. The summed E-state index contributed by atoms with van der Waals surface area (Å²) in [5.74, 6) is 1.21. The van der Waals surface area contributed by atoms with E-state index in [2.05, 4.69) is 32.6 Å². The van der Waals surface area contributed by atoms with Crippen LogP contribution >= 0.6 is 11.6 Å². The third-order valence-electron chi connectivity index (χ3n) is 2.50. The van der Waals surface area contributed by atoms with Crippen LogP contribution in [0.4, 0.5) is 11.4 Å². The van der Waals surface area contributed by atoms with E-state index in [4.69, 9.17) is 17.3 Å². The minimum atomic E-state index is 0.604. The molecule has 96 valence electrons. The molecule has 0 aliphatic rings. The Kier molecular flexibility index (Phi) is 5.13. The number of nitrogens with zero attached hydrogens (tertiary/aromatic N) is 1. The van der Waals surface area contributed by atoms with Crippen molar-refractivity contribution in [2.75, 3.05) is 23.7 Å². The molecule has 1 aromatic rings. The highest BCUT2D eigenvalue weighted by Gasteiger charge is 2.13. The van der Waals surface area contributed by atoms with E-state index in [1.54, 1.807) is 0 Å². The van der Waals surface area contributed by atoms with Crippen molar-refractivity contribution >= 4 is 23.0 Å². The minimum absolute atomic E-state index is 0.604. The highest BCUT2D eigenvalue weighted by atomic mass is 35.5. The molecule has 0 atom stereocenters. The van der Waals surface area contributed by atoms with Crippen molar-refractivity contribution in [2.45, 2.75) is 27.7 Å². The van der Waals surface area contributed by atoms with E-state index in [0.717, 1.165) is 29.5 Å². The standard InChI is InChI=1S/C14H23ClN2/c1-10(2)8-17(9-11(3)4)14-7-12(15)5-6-13(14)16/h5-7,10-11H,8-9,16H2,1-4H3. The van der Waals surface area contributed by atoms with Crippen molar-refractivity contribution < 1.29 is 0 Å². The molecule has 0 unspecified atom stereocenters. The molecule has 0 saturated carbocycles. The van der Waals surface area contributed by atoms with Gasteiger partial charge in [0.15, 0.2) is 0 Å². The zero-order chi connectivity index (χ0) is 13.0. The zero-order valence-electron chi connectivity index (χ0n) is 11.2. The number of hydrogen-bond acceptors (Lipinski definition) is 2. The molecule has 0 heterocycles. The second-order valence-corrected chi connectivity index (χ2v) is 5.83. The fourth-order valence-electron chi connectivity index (χ4n) is 1.94. The minimum Gasteiger partial charge on any atom is -0.397 e.